The number of carbonyl (C=O) groups is 1. The number of nitrogens with one attached hydrogen (secondary N) is 2. The van der Waals surface area contributed by atoms with Crippen LogP contribution in [0.25, 0.3) is 0 Å². The highest BCUT2D eigenvalue weighted by molar-refractivity contribution is 7.98. The van der Waals surface area contributed by atoms with Crippen molar-refractivity contribution in [1.29, 1.82) is 0 Å². The highest BCUT2D eigenvalue weighted by Crippen LogP contribution is 2.41. The predicted molar refractivity (Wildman–Crippen MR) is 129 cm³/mol. The largest absolute Gasteiger partial charge is 0.497 e. The summed E-state index contributed by atoms with van der Waals surface area (Å²) in [5, 5.41) is 4.23. The van der Waals surface area contributed by atoms with E-state index in [1.165, 1.54) is 18.9 Å². The van der Waals surface area contributed by atoms with Gasteiger partial charge in [0.15, 0.2) is 5.16 Å². The van der Waals surface area contributed by atoms with Crippen LogP contribution in [-0.2, 0) is 15.3 Å². The first-order valence-corrected chi connectivity index (χ1v) is 11.5. The van der Waals surface area contributed by atoms with Crippen molar-refractivity contribution in [3.8, 4) is 5.75 Å². The molecule has 2 aromatic carbocycles. The van der Waals surface area contributed by atoms with Gasteiger partial charge in [0, 0.05) is 16.5 Å². The fraction of sp³-hybridized carbons (Fsp3) is 0.208. The Kier molecular flexibility index (Phi) is 6.76. The van der Waals surface area contributed by atoms with Gasteiger partial charge in [-0.15, -0.1) is 0 Å². The molecule has 0 aliphatic carbocycles. The van der Waals surface area contributed by atoms with Crippen LogP contribution in [0.4, 0.5) is 5.82 Å². The molecular weight excluding hydrogens is 462 g/mol. The first kappa shape index (κ1) is 22.9. The summed E-state index contributed by atoms with van der Waals surface area (Å²) >= 11 is 7.62. The lowest BCUT2D eigenvalue weighted by atomic mass is 9.82. The maximum atomic E-state index is 13.3. The number of benzene rings is 2. The predicted octanol–water partition coefficient (Wildman–Crippen LogP) is 4.73. The zero-order valence-electron chi connectivity index (χ0n) is 18.3. The van der Waals surface area contributed by atoms with Crippen LogP contribution in [0.15, 0.2) is 69.8 Å². The SMILES string of the molecule is COC(=O)C1=C(C)Nc2nc(SCc3ccccc3Cl)[nH]c(=O)c2C1c1cccc(OC)c1. The number of thioether (sulfide) groups is 1. The van der Waals surface area contributed by atoms with Gasteiger partial charge in [-0.3, -0.25) is 4.79 Å². The number of rotatable bonds is 6. The number of fused-ring (bicyclic) bond motifs is 1. The molecule has 0 fully saturated rings. The number of allylic oxidation sites excluding steroid dienone is 1. The van der Waals surface area contributed by atoms with Crippen LogP contribution < -0.4 is 15.6 Å². The van der Waals surface area contributed by atoms with E-state index < -0.39 is 11.9 Å². The Morgan fingerprint density at radius 1 is 1.18 bits per heavy atom. The van der Waals surface area contributed by atoms with Crippen molar-refractivity contribution in [2.45, 2.75) is 23.8 Å². The second-order valence-corrected chi connectivity index (χ2v) is 8.75. The molecule has 4 rings (SSSR count). The van der Waals surface area contributed by atoms with E-state index in [9.17, 15) is 9.59 Å². The van der Waals surface area contributed by atoms with E-state index >= 15 is 0 Å². The summed E-state index contributed by atoms with van der Waals surface area (Å²) in [6.45, 7) is 1.77. The molecule has 0 saturated carbocycles. The molecule has 3 aromatic rings. The summed E-state index contributed by atoms with van der Waals surface area (Å²) in [4.78, 5) is 33.5. The number of hydrogen-bond donors (Lipinski definition) is 2. The fourth-order valence-electron chi connectivity index (χ4n) is 3.80. The maximum absolute atomic E-state index is 13.3. The molecule has 1 aliphatic rings. The van der Waals surface area contributed by atoms with Crippen LogP contribution in [0.5, 0.6) is 5.75 Å². The lowest BCUT2D eigenvalue weighted by Crippen LogP contribution is -2.31. The summed E-state index contributed by atoms with van der Waals surface area (Å²) < 4.78 is 10.4. The standard InChI is InChI=1S/C24H22ClN3O4S/c1-13-18(23(30)32-3)19(14-8-6-9-16(11-14)31-2)20-21(26-13)27-24(28-22(20)29)33-12-15-7-4-5-10-17(15)25/h4-11,19H,12H2,1-3H3,(H2,26,27,28,29). The quantitative estimate of drug-likeness (QED) is 0.297. The second-order valence-electron chi connectivity index (χ2n) is 7.38. The third kappa shape index (κ3) is 4.62. The number of aromatic nitrogens is 2. The zero-order valence-corrected chi connectivity index (χ0v) is 19.8. The van der Waals surface area contributed by atoms with Crippen molar-refractivity contribution in [1.82, 2.24) is 9.97 Å². The van der Waals surface area contributed by atoms with E-state index in [0.29, 0.717) is 44.3 Å². The summed E-state index contributed by atoms with van der Waals surface area (Å²) in [6, 6.07) is 14.8. The number of aromatic amines is 1. The summed E-state index contributed by atoms with van der Waals surface area (Å²) in [6.07, 6.45) is 0. The van der Waals surface area contributed by atoms with E-state index in [1.54, 1.807) is 26.2 Å². The van der Waals surface area contributed by atoms with Crippen LogP contribution in [0.2, 0.25) is 5.02 Å². The number of nitrogens with zero attached hydrogens (tertiary/aromatic N) is 1. The highest BCUT2D eigenvalue weighted by atomic mass is 35.5. The van der Waals surface area contributed by atoms with E-state index in [-0.39, 0.29) is 5.56 Å². The average molecular weight is 484 g/mol. The second kappa shape index (κ2) is 9.72. The minimum absolute atomic E-state index is 0.337. The number of anilines is 1. The Labute approximate surface area is 200 Å². The smallest absolute Gasteiger partial charge is 0.336 e. The molecule has 1 atom stereocenters. The Morgan fingerprint density at radius 2 is 1.97 bits per heavy atom. The average Bonchev–Trinajstić information content (AvgIpc) is 2.82. The van der Waals surface area contributed by atoms with Gasteiger partial charge in [0.2, 0.25) is 0 Å². The topological polar surface area (TPSA) is 93.3 Å². The van der Waals surface area contributed by atoms with Gasteiger partial charge in [0.25, 0.3) is 5.56 Å². The molecule has 0 spiro atoms. The molecule has 1 aromatic heterocycles. The van der Waals surface area contributed by atoms with Gasteiger partial charge in [-0.2, -0.15) is 0 Å². The lowest BCUT2D eigenvalue weighted by molar-refractivity contribution is -0.136. The molecule has 0 saturated heterocycles. The van der Waals surface area contributed by atoms with Crippen molar-refractivity contribution in [2.24, 2.45) is 0 Å². The van der Waals surface area contributed by atoms with Gasteiger partial charge in [-0.1, -0.05) is 53.7 Å². The molecule has 2 heterocycles. The third-order valence-corrected chi connectivity index (χ3v) is 6.67. The van der Waals surface area contributed by atoms with Crippen molar-refractivity contribution in [3.63, 3.8) is 0 Å². The minimum Gasteiger partial charge on any atom is -0.497 e. The number of hydrogen-bond acceptors (Lipinski definition) is 7. The molecular formula is C24H22ClN3O4S. The van der Waals surface area contributed by atoms with Crippen molar-refractivity contribution in [2.75, 3.05) is 19.5 Å². The number of carbonyl (C=O) groups excluding carboxylic acids is 1. The summed E-state index contributed by atoms with van der Waals surface area (Å²) in [5.74, 6) is 0.380. The molecule has 170 valence electrons. The Balaban J connectivity index is 1.78. The minimum atomic E-state index is -0.664. The summed E-state index contributed by atoms with van der Waals surface area (Å²) in [7, 11) is 2.88. The molecule has 2 N–H and O–H groups in total. The van der Waals surface area contributed by atoms with Gasteiger partial charge >= 0.3 is 5.97 Å². The first-order chi connectivity index (χ1) is 15.9. The number of H-pyrrole nitrogens is 1. The molecule has 7 nitrogen and oxygen atoms in total. The van der Waals surface area contributed by atoms with Gasteiger partial charge in [0.05, 0.1) is 31.3 Å². The van der Waals surface area contributed by atoms with E-state index in [2.05, 4.69) is 15.3 Å². The van der Waals surface area contributed by atoms with E-state index in [1.807, 2.05) is 36.4 Å². The first-order valence-electron chi connectivity index (χ1n) is 10.1. The molecule has 9 heteroatoms. The Morgan fingerprint density at radius 3 is 2.70 bits per heavy atom. The maximum Gasteiger partial charge on any atom is 0.336 e. The van der Waals surface area contributed by atoms with Crippen LogP contribution >= 0.6 is 23.4 Å². The number of esters is 1. The number of halogens is 1. The fourth-order valence-corrected chi connectivity index (χ4v) is 4.94. The molecule has 0 bridgehead atoms. The molecule has 33 heavy (non-hydrogen) atoms. The molecule has 0 amide bonds. The zero-order chi connectivity index (χ0) is 23.5. The van der Waals surface area contributed by atoms with Gasteiger partial charge in [-0.25, -0.2) is 9.78 Å². The Hall–Kier alpha value is -3.23. The third-order valence-electron chi connectivity index (χ3n) is 5.38. The van der Waals surface area contributed by atoms with Crippen molar-refractivity contribution in [3.05, 3.63) is 91.9 Å². The van der Waals surface area contributed by atoms with Crippen molar-refractivity contribution >= 4 is 35.1 Å². The molecule has 0 radical (unpaired) electrons. The van der Waals surface area contributed by atoms with Crippen LogP contribution in [0.1, 0.15) is 29.5 Å². The van der Waals surface area contributed by atoms with Gasteiger partial charge < -0.3 is 19.8 Å². The monoisotopic (exact) mass is 483 g/mol. The number of ether oxygens (including phenoxy) is 2. The van der Waals surface area contributed by atoms with Gasteiger partial charge in [-0.05, 0) is 36.2 Å². The highest BCUT2D eigenvalue weighted by Gasteiger charge is 2.36. The number of methoxy groups -OCH3 is 2. The van der Waals surface area contributed by atoms with E-state index in [0.717, 1.165) is 11.1 Å². The van der Waals surface area contributed by atoms with Crippen LogP contribution in [0, 0.1) is 0 Å². The molecule has 1 unspecified atom stereocenters. The van der Waals surface area contributed by atoms with Crippen LogP contribution in [-0.4, -0.2) is 30.2 Å². The normalized spacial score (nSPS) is 15.0. The van der Waals surface area contributed by atoms with Crippen LogP contribution in [0.3, 0.4) is 0 Å². The van der Waals surface area contributed by atoms with Gasteiger partial charge in [0.1, 0.15) is 11.6 Å². The Bertz CT molecular complexity index is 1300. The molecule has 1 aliphatic heterocycles. The van der Waals surface area contributed by atoms with Crippen molar-refractivity contribution < 1.29 is 14.3 Å². The lowest BCUT2D eigenvalue weighted by Gasteiger charge is -2.28. The van der Waals surface area contributed by atoms with E-state index in [4.69, 9.17) is 21.1 Å². The summed E-state index contributed by atoms with van der Waals surface area (Å²) in [5.41, 5.74) is 2.59.